The van der Waals surface area contributed by atoms with Crippen molar-refractivity contribution in [2.75, 3.05) is 26.0 Å². The molecule has 0 aromatic heterocycles. The van der Waals surface area contributed by atoms with E-state index in [9.17, 15) is 29.6 Å². The number of hydrogen-bond acceptors (Lipinski definition) is 8. The number of hydrogen-bond donors (Lipinski definition) is 2. The fourth-order valence-corrected chi connectivity index (χ4v) is 4.74. The van der Waals surface area contributed by atoms with Gasteiger partial charge >= 0.3 is 12.1 Å². The van der Waals surface area contributed by atoms with Crippen molar-refractivity contribution in [2.24, 2.45) is 5.41 Å². The van der Waals surface area contributed by atoms with Gasteiger partial charge in [-0.3, -0.25) is 19.7 Å². The Labute approximate surface area is 169 Å². The largest absolute Gasteiger partial charge is 0.481 e. The molecule has 2 saturated heterocycles. The summed E-state index contributed by atoms with van der Waals surface area (Å²) in [4.78, 5) is 47.5. The van der Waals surface area contributed by atoms with Gasteiger partial charge in [0, 0.05) is 31.5 Å². The van der Waals surface area contributed by atoms with E-state index in [-0.39, 0.29) is 42.5 Å². The maximum absolute atomic E-state index is 12.4. The smallest absolute Gasteiger partial charge is 0.408 e. The molecule has 11 nitrogen and oxygen atoms in total. The molecular formula is C17H19N3O8S. The first-order valence-corrected chi connectivity index (χ1v) is 9.63. The first-order chi connectivity index (χ1) is 13.8. The SMILES string of the molecule is COCC1(C(=O)O)CS[C@@H]2C(NC(=O)OCc3ccc([N+](=O)[O-])cc3)C(=O)N2C1. The Morgan fingerprint density at radius 3 is 2.69 bits per heavy atom. The Bertz CT molecular complexity index is 832. The number of rotatable bonds is 7. The first-order valence-electron chi connectivity index (χ1n) is 8.58. The van der Waals surface area contributed by atoms with Crippen LogP contribution in [0.3, 0.4) is 0 Å². The second kappa shape index (κ2) is 8.25. The Morgan fingerprint density at radius 2 is 2.10 bits per heavy atom. The fourth-order valence-electron chi connectivity index (χ4n) is 3.21. The molecule has 1 aromatic rings. The number of carboxylic acids is 1. The average molecular weight is 425 g/mol. The van der Waals surface area contributed by atoms with Gasteiger partial charge in [0.15, 0.2) is 0 Å². The molecule has 2 heterocycles. The molecule has 2 aliphatic heterocycles. The van der Waals surface area contributed by atoms with Crippen LogP contribution in [0.4, 0.5) is 10.5 Å². The summed E-state index contributed by atoms with van der Waals surface area (Å²) in [5.41, 5.74) is -0.684. The topological polar surface area (TPSA) is 148 Å². The third-order valence-electron chi connectivity index (χ3n) is 4.81. The number of aliphatic carboxylic acids is 1. The van der Waals surface area contributed by atoms with Gasteiger partial charge in [-0.15, -0.1) is 11.8 Å². The third kappa shape index (κ3) is 4.12. The van der Waals surface area contributed by atoms with Crippen LogP contribution in [0.15, 0.2) is 24.3 Å². The number of fused-ring (bicyclic) bond motifs is 1. The summed E-state index contributed by atoms with van der Waals surface area (Å²) >= 11 is 1.27. The van der Waals surface area contributed by atoms with Crippen molar-refractivity contribution < 1.29 is 33.9 Å². The zero-order valence-corrected chi connectivity index (χ0v) is 16.2. The summed E-state index contributed by atoms with van der Waals surface area (Å²) in [5.74, 6) is -1.16. The number of β-lactam (4-membered cyclic amide) rings is 1. The zero-order valence-electron chi connectivity index (χ0n) is 15.4. The monoisotopic (exact) mass is 425 g/mol. The highest BCUT2D eigenvalue weighted by Gasteiger charge is 2.57. The molecule has 29 heavy (non-hydrogen) atoms. The van der Waals surface area contributed by atoms with Gasteiger partial charge in [0.1, 0.15) is 23.4 Å². The molecule has 2 unspecified atom stereocenters. The zero-order chi connectivity index (χ0) is 21.2. The number of carboxylic acid groups (broad SMARTS) is 1. The number of nitrogens with zero attached hydrogens (tertiary/aromatic N) is 2. The number of carbonyl (C=O) groups is 3. The molecule has 0 saturated carbocycles. The van der Waals surface area contributed by atoms with E-state index in [2.05, 4.69) is 5.32 Å². The highest BCUT2D eigenvalue weighted by atomic mass is 32.2. The molecule has 12 heteroatoms. The van der Waals surface area contributed by atoms with Gasteiger partial charge in [0.05, 0.1) is 11.5 Å². The van der Waals surface area contributed by atoms with E-state index in [1.165, 1.54) is 48.0 Å². The van der Waals surface area contributed by atoms with E-state index in [1.54, 1.807) is 0 Å². The Kier molecular flexibility index (Phi) is 5.94. The molecule has 0 bridgehead atoms. The van der Waals surface area contributed by atoms with E-state index < -0.39 is 28.4 Å². The van der Waals surface area contributed by atoms with Crippen molar-refractivity contribution in [3.63, 3.8) is 0 Å². The number of carbonyl (C=O) groups excluding carboxylic acids is 2. The molecule has 156 valence electrons. The van der Waals surface area contributed by atoms with Crippen molar-refractivity contribution in [3.05, 3.63) is 39.9 Å². The van der Waals surface area contributed by atoms with Gasteiger partial charge in [-0.1, -0.05) is 0 Å². The number of amides is 2. The van der Waals surface area contributed by atoms with Crippen molar-refractivity contribution in [2.45, 2.75) is 18.0 Å². The van der Waals surface area contributed by atoms with Gasteiger partial charge in [-0.05, 0) is 17.7 Å². The van der Waals surface area contributed by atoms with E-state index >= 15 is 0 Å². The number of alkyl carbamates (subject to hydrolysis) is 1. The Morgan fingerprint density at radius 1 is 1.41 bits per heavy atom. The van der Waals surface area contributed by atoms with E-state index in [4.69, 9.17) is 9.47 Å². The minimum absolute atomic E-state index is 0.0127. The van der Waals surface area contributed by atoms with Gasteiger partial charge in [0.25, 0.3) is 5.69 Å². The molecule has 0 aliphatic carbocycles. The lowest BCUT2D eigenvalue weighted by Crippen LogP contribution is -2.74. The van der Waals surface area contributed by atoms with E-state index in [0.29, 0.717) is 5.56 Å². The van der Waals surface area contributed by atoms with Crippen LogP contribution < -0.4 is 5.32 Å². The predicted molar refractivity (Wildman–Crippen MR) is 100 cm³/mol. The average Bonchev–Trinajstić information content (AvgIpc) is 2.70. The lowest BCUT2D eigenvalue weighted by atomic mass is 9.88. The lowest BCUT2D eigenvalue weighted by molar-refractivity contribution is -0.384. The van der Waals surface area contributed by atoms with Crippen molar-refractivity contribution in [3.8, 4) is 0 Å². The fraction of sp³-hybridized carbons (Fsp3) is 0.471. The van der Waals surface area contributed by atoms with Crippen LogP contribution in [0.5, 0.6) is 0 Å². The molecule has 2 N–H and O–H groups in total. The molecule has 3 rings (SSSR count). The summed E-state index contributed by atoms with van der Waals surface area (Å²) in [5, 5.41) is 22.3. The maximum atomic E-state index is 12.4. The standard InChI is InChI=1S/C17H19N3O8S/c1-27-8-17(15(22)23)7-19-13(21)12(14(19)29-9-17)18-16(24)28-6-10-2-4-11(5-3-10)20(25)26/h2-5,12,14H,6-9H2,1H3,(H,18,24)(H,22,23)/t12?,14-,17?/m1/s1. The Balaban J connectivity index is 1.52. The molecule has 3 atom stereocenters. The maximum Gasteiger partial charge on any atom is 0.408 e. The number of methoxy groups -OCH3 is 1. The predicted octanol–water partition coefficient (Wildman–Crippen LogP) is 0.822. The molecule has 0 radical (unpaired) electrons. The second-order valence-electron chi connectivity index (χ2n) is 6.81. The third-order valence-corrected chi connectivity index (χ3v) is 6.40. The molecule has 2 aliphatic rings. The summed E-state index contributed by atoms with van der Waals surface area (Å²) in [6.45, 7) is -0.105. The van der Waals surface area contributed by atoms with Gasteiger partial charge < -0.3 is 24.8 Å². The van der Waals surface area contributed by atoms with Gasteiger partial charge in [-0.25, -0.2) is 4.79 Å². The van der Waals surface area contributed by atoms with E-state index in [0.717, 1.165) is 0 Å². The number of nitro benzene ring substituents is 1. The lowest BCUT2D eigenvalue weighted by Gasteiger charge is -2.53. The normalized spacial score (nSPS) is 25.6. The van der Waals surface area contributed by atoms with Crippen LogP contribution in [0.2, 0.25) is 0 Å². The number of thioether (sulfide) groups is 1. The number of non-ortho nitro benzene ring substituents is 1. The highest BCUT2D eigenvalue weighted by Crippen LogP contribution is 2.42. The Hall–Kier alpha value is -2.86. The van der Waals surface area contributed by atoms with Crippen molar-refractivity contribution in [1.82, 2.24) is 10.2 Å². The quantitative estimate of drug-likeness (QED) is 0.368. The molecule has 1 aromatic carbocycles. The van der Waals surface area contributed by atoms with Crippen LogP contribution in [-0.4, -0.2) is 70.3 Å². The number of nitro groups is 1. The van der Waals surface area contributed by atoms with Crippen LogP contribution in [0, 0.1) is 15.5 Å². The summed E-state index contributed by atoms with van der Waals surface area (Å²) in [7, 11) is 1.41. The van der Waals surface area contributed by atoms with Gasteiger partial charge in [0.2, 0.25) is 5.91 Å². The van der Waals surface area contributed by atoms with Crippen molar-refractivity contribution in [1.29, 1.82) is 0 Å². The highest BCUT2D eigenvalue weighted by molar-refractivity contribution is 8.00. The van der Waals surface area contributed by atoms with Crippen LogP contribution in [0.1, 0.15) is 5.56 Å². The number of benzene rings is 1. The van der Waals surface area contributed by atoms with Crippen molar-refractivity contribution >= 4 is 35.4 Å². The van der Waals surface area contributed by atoms with Crippen LogP contribution >= 0.6 is 11.8 Å². The molecular weight excluding hydrogens is 406 g/mol. The number of ether oxygens (including phenoxy) is 2. The minimum atomic E-state index is -1.17. The summed E-state index contributed by atoms with van der Waals surface area (Å²) in [6, 6.07) is 4.76. The minimum Gasteiger partial charge on any atom is -0.481 e. The van der Waals surface area contributed by atoms with Gasteiger partial charge in [-0.2, -0.15) is 0 Å². The number of nitrogens with one attached hydrogen (secondary N) is 1. The van der Waals surface area contributed by atoms with Crippen LogP contribution in [0.25, 0.3) is 0 Å². The molecule has 0 spiro atoms. The summed E-state index contributed by atoms with van der Waals surface area (Å²) in [6.07, 6.45) is -0.797. The summed E-state index contributed by atoms with van der Waals surface area (Å²) < 4.78 is 10.1. The van der Waals surface area contributed by atoms with E-state index in [1.807, 2.05) is 0 Å². The first kappa shape index (κ1) is 20.9. The molecule has 2 amide bonds. The molecule has 2 fully saturated rings. The van der Waals surface area contributed by atoms with Crippen LogP contribution in [-0.2, 0) is 25.7 Å². The second-order valence-corrected chi connectivity index (χ2v) is 7.91.